The first-order chi connectivity index (χ1) is 20.4. The first-order valence-electron chi connectivity index (χ1n) is 13.6. The van der Waals surface area contributed by atoms with Crippen molar-refractivity contribution in [3.8, 4) is 0 Å². The zero-order valence-electron chi connectivity index (χ0n) is 28.4. The Hall–Kier alpha value is -1.66. The Bertz CT molecular complexity index is 612. The lowest BCUT2D eigenvalue weighted by atomic mass is 10.4. The fourth-order valence-electron chi connectivity index (χ4n) is 1.58. The molecule has 43 heavy (non-hydrogen) atoms. The highest BCUT2D eigenvalue weighted by atomic mass is 33.1. The van der Waals surface area contributed by atoms with Crippen molar-refractivity contribution in [2.45, 2.75) is 46.3 Å². The van der Waals surface area contributed by atoms with Crippen LogP contribution in [0.4, 0.5) is 0 Å². The van der Waals surface area contributed by atoms with Gasteiger partial charge in [0.25, 0.3) is 0 Å². The molecular weight excluding hydrogens is 604 g/mol. The molecule has 0 unspecified atom stereocenters. The van der Waals surface area contributed by atoms with Gasteiger partial charge in [-0.15, -0.1) is 0 Å². The van der Waals surface area contributed by atoms with Crippen LogP contribution in [0.2, 0.25) is 0 Å². The first-order valence-corrected chi connectivity index (χ1v) is 16.3. The molecule has 0 aliphatic heterocycles. The average Bonchev–Trinajstić information content (AvgIpc) is 2.97. The Morgan fingerprint density at radius 2 is 1.00 bits per heavy atom. The molecule has 0 bridgehead atoms. The molecule has 3 amide bonds. The molecule has 0 heterocycles. The second-order valence-electron chi connectivity index (χ2n) is 8.34. The number of hydrogen-bond acceptors (Lipinski definition) is 13. The Morgan fingerprint density at radius 3 is 1.28 bits per heavy atom. The molecule has 0 radical (unpaired) electrons. The van der Waals surface area contributed by atoms with E-state index in [4.69, 9.17) is 9.47 Å². The van der Waals surface area contributed by atoms with Gasteiger partial charge in [0.1, 0.15) is 19.8 Å². The van der Waals surface area contributed by atoms with Gasteiger partial charge in [-0.2, -0.15) is 0 Å². The molecule has 0 aromatic heterocycles. The van der Waals surface area contributed by atoms with E-state index in [1.807, 2.05) is 41.0 Å². The van der Waals surface area contributed by atoms with Crippen LogP contribution in [-0.2, 0) is 47.6 Å². The van der Waals surface area contributed by atoms with E-state index < -0.39 is 0 Å². The van der Waals surface area contributed by atoms with E-state index in [1.54, 1.807) is 35.8 Å². The van der Waals surface area contributed by atoms with Gasteiger partial charge in [0.2, 0.25) is 17.7 Å². The summed E-state index contributed by atoms with van der Waals surface area (Å²) in [5.41, 5.74) is 0. The van der Waals surface area contributed by atoms with Crippen LogP contribution in [0.3, 0.4) is 0 Å². The topological polar surface area (TPSA) is 172 Å². The van der Waals surface area contributed by atoms with Crippen LogP contribution in [0.25, 0.3) is 0 Å². The average molecular weight is 665 g/mol. The molecule has 0 aromatic carbocycles. The highest BCUT2D eigenvalue weighted by molar-refractivity contribution is 8.76. The second kappa shape index (κ2) is 44.8. The fourth-order valence-corrected chi connectivity index (χ4v) is 2.76. The van der Waals surface area contributed by atoms with E-state index in [0.29, 0.717) is 38.3 Å². The lowest BCUT2D eigenvalue weighted by Crippen LogP contribution is -2.36. The fraction of sp³-hybridized carbons (Fsp3) is 0.852. The van der Waals surface area contributed by atoms with E-state index in [0.717, 1.165) is 12.3 Å². The minimum Gasteiger partial charge on any atom is -0.467 e. The van der Waals surface area contributed by atoms with Gasteiger partial charge in [-0.25, -0.2) is 4.79 Å². The largest absolute Gasteiger partial charge is 0.467 e. The number of amides is 3. The maximum absolute atomic E-state index is 11.2. The normalized spacial score (nSPS) is 9.44. The Morgan fingerprint density at radius 1 is 0.628 bits per heavy atom. The van der Waals surface area contributed by atoms with Gasteiger partial charge in [0, 0.05) is 73.9 Å². The van der Waals surface area contributed by atoms with Crippen LogP contribution in [0, 0.1) is 0 Å². The van der Waals surface area contributed by atoms with E-state index in [2.05, 4.69) is 40.2 Å². The van der Waals surface area contributed by atoms with E-state index >= 15 is 0 Å². The monoisotopic (exact) mass is 664 g/mol. The molecule has 0 rings (SSSR count). The number of rotatable bonds is 18. The number of esters is 1. The summed E-state index contributed by atoms with van der Waals surface area (Å²) in [6, 6.07) is 0. The summed E-state index contributed by atoms with van der Waals surface area (Å²) in [4.78, 5) is 42.9. The zero-order valence-corrected chi connectivity index (χ0v) is 30.1. The minimum atomic E-state index is -0.345. The lowest BCUT2D eigenvalue weighted by Gasteiger charge is -2.06. The van der Waals surface area contributed by atoms with Crippen LogP contribution in [0.5, 0.6) is 0 Å². The number of carbonyl (C=O) groups is 4. The van der Waals surface area contributed by atoms with Crippen molar-refractivity contribution in [2.24, 2.45) is 0 Å². The molecule has 0 saturated carbocycles. The number of carbonyl (C=O) groups excluding carboxylic acids is 4. The van der Waals surface area contributed by atoms with Gasteiger partial charge in [-0.3, -0.25) is 14.4 Å². The number of likely N-dealkylation sites (N-methyl/N-ethyl adjacent to an activating group) is 1. The molecule has 0 saturated heterocycles. The van der Waals surface area contributed by atoms with Crippen molar-refractivity contribution >= 4 is 45.3 Å². The molecule has 260 valence electrons. The number of nitrogens with one attached hydrogen (secondary N) is 4. The molecule has 0 aromatic rings. The molecule has 0 fully saturated rings. The van der Waals surface area contributed by atoms with Gasteiger partial charge in [-0.05, 0) is 41.0 Å². The van der Waals surface area contributed by atoms with Crippen LogP contribution >= 0.6 is 21.6 Å². The maximum Gasteiger partial charge on any atom is 0.331 e. The molecule has 0 atom stereocenters. The first kappa shape index (κ1) is 50.9. The molecule has 4 N–H and O–H groups in total. The summed E-state index contributed by atoms with van der Waals surface area (Å²) in [5.74, 6) is 0.237. The van der Waals surface area contributed by atoms with Crippen LogP contribution in [-0.4, -0.2) is 144 Å². The van der Waals surface area contributed by atoms with Crippen LogP contribution in [0.15, 0.2) is 0 Å². The molecule has 14 nitrogen and oxygen atoms in total. The second-order valence-corrected chi connectivity index (χ2v) is 11.0. The lowest BCUT2D eigenvalue weighted by molar-refractivity contribution is -0.144. The summed E-state index contributed by atoms with van der Waals surface area (Å²) in [7, 11) is 14.3. The third kappa shape index (κ3) is 64.4. The van der Waals surface area contributed by atoms with Gasteiger partial charge >= 0.3 is 5.97 Å². The summed E-state index contributed by atoms with van der Waals surface area (Å²) in [6.45, 7) is 10.6. The van der Waals surface area contributed by atoms with Crippen LogP contribution in [0.1, 0.15) is 34.1 Å². The van der Waals surface area contributed by atoms with Crippen LogP contribution < -0.4 is 21.3 Å². The Kier molecular flexibility index (Phi) is 53.0. The quantitative estimate of drug-likeness (QED) is 0.0935. The van der Waals surface area contributed by atoms with Gasteiger partial charge in [0.15, 0.2) is 0 Å². The summed E-state index contributed by atoms with van der Waals surface area (Å²) < 4.78 is 27.4. The zero-order chi connectivity index (χ0) is 34.3. The van der Waals surface area contributed by atoms with Gasteiger partial charge in [0.05, 0.1) is 19.3 Å². The Labute approximate surface area is 267 Å². The SMILES string of the molecule is CNCCNC(=O)COC.COC(C)C.COC(C)C.COCC(=O)NCCNC(=O)CCSSC.COCC(=O)OC. The molecule has 0 aliphatic rings. The van der Waals surface area contributed by atoms with Crippen molar-refractivity contribution in [3.63, 3.8) is 0 Å². The molecule has 0 aliphatic carbocycles. The molecule has 0 spiro atoms. The van der Waals surface area contributed by atoms with E-state index in [1.165, 1.54) is 28.4 Å². The molecular formula is C27H60N4O10S2. The third-order valence-electron chi connectivity index (χ3n) is 3.98. The number of methoxy groups -OCH3 is 6. The van der Waals surface area contributed by atoms with Crippen molar-refractivity contribution in [3.05, 3.63) is 0 Å². The Balaban J connectivity index is -0.000000153. The smallest absolute Gasteiger partial charge is 0.331 e. The highest BCUT2D eigenvalue weighted by Crippen LogP contribution is 2.16. The highest BCUT2D eigenvalue weighted by Gasteiger charge is 2.02. The predicted octanol–water partition coefficient (Wildman–Crippen LogP) is 1.12. The number of hydrogen-bond donors (Lipinski definition) is 4. The third-order valence-corrected chi connectivity index (χ3v) is 5.79. The summed E-state index contributed by atoms with van der Waals surface area (Å²) >= 11 is 0. The van der Waals surface area contributed by atoms with Crippen molar-refractivity contribution in [1.82, 2.24) is 21.3 Å². The van der Waals surface area contributed by atoms with E-state index in [9.17, 15) is 19.2 Å². The standard InChI is InChI=1S/C9H18N2O3S2.C6H14N2O2.C4H8O3.2C4H10O/c1-14-7-9(13)11-5-4-10-8(12)3-6-16-15-2;1-7-3-4-8-6(9)5-10-2;1-6-3-4(5)7-2;2*1-4(2)5-3/h3-7H2,1-2H3,(H,10,12)(H,11,13);7H,3-5H2,1-2H3,(H,8,9);3H2,1-2H3;2*4H,1-3H3. The number of ether oxygens (including phenoxy) is 6. The minimum absolute atomic E-state index is 0.0162. The van der Waals surface area contributed by atoms with E-state index in [-0.39, 0.29) is 43.5 Å². The van der Waals surface area contributed by atoms with Crippen molar-refractivity contribution in [2.75, 3.05) is 108 Å². The van der Waals surface area contributed by atoms with Gasteiger partial charge < -0.3 is 49.7 Å². The van der Waals surface area contributed by atoms with Crippen molar-refractivity contribution < 1.29 is 47.6 Å². The predicted molar refractivity (Wildman–Crippen MR) is 175 cm³/mol. The van der Waals surface area contributed by atoms with Gasteiger partial charge in [-0.1, -0.05) is 21.6 Å². The summed E-state index contributed by atoms with van der Waals surface area (Å²) in [5, 5.41) is 10.9. The maximum atomic E-state index is 11.2. The summed E-state index contributed by atoms with van der Waals surface area (Å²) in [6.07, 6.45) is 3.26. The van der Waals surface area contributed by atoms with Crippen molar-refractivity contribution in [1.29, 1.82) is 0 Å². The molecule has 16 heteroatoms.